The molecular formula is C16H27NO. The molecule has 1 aliphatic heterocycles. The number of ether oxygens (including phenoxy) is 1. The van der Waals surface area contributed by atoms with Crippen LogP contribution in [0.25, 0.3) is 0 Å². The zero-order valence-electron chi connectivity index (χ0n) is 12.0. The van der Waals surface area contributed by atoms with E-state index >= 15 is 0 Å². The summed E-state index contributed by atoms with van der Waals surface area (Å²) in [7, 11) is 0. The summed E-state index contributed by atoms with van der Waals surface area (Å²) in [5, 5.41) is 3.89. The second-order valence-corrected chi connectivity index (χ2v) is 7.20. The van der Waals surface area contributed by atoms with E-state index in [4.69, 9.17) is 4.74 Å². The Morgan fingerprint density at radius 2 is 2.11 bits per heavy atom. The molecule has 0 radical (unpaired) electrons. The van der Waals surface area contributed by atoms with Crippen molar-refractivity contribution in [3.05, 3.63) is 12.2 Å². The molecule has 5 atom stereocenters. The summed E-state index contributed by atoms with van der Waals surface area (Å²) in [6.45, 7) is 7.73. The second kappa shape index (κ2) is 4.64. The zero-order valence-corrected chi connectivity index (χ0v) is 12.0. The van der Waals surface area contributed by atoms with Crippen molar-refractivity contribution in [2.24, 2.45) is 17.8 Å². The number of hydrogen-bond acceptors (Lipinski definition) is 2. The molecule has 18 heavy (non-hydrogen) atoms. The Morgan fingerprint density at radius 1 is 1.28 bits per heavy atom. The van der Waals surface area contributed by atoms with Gasteiger partial charge < -0.3 is 10.1 Å². The van der Waals surface area contributed by atoms with E-state index in [2.05, 4.69) is 38.2 Å². The molecule has 5 unspecified atom stereocenters. The lowest BCUT2D eigenvalue weighted by Crippen LogP contribution is -2.49. The van der Waals surface area contributed by atoms with Crippen molar-refractivity contribution in [2.75, 3.05) is 6.61 Å². The molecule has 2 fully saturated rings. The Bertz CT molecular complexity index is 336. The molecule has 3 aliphatic rings. The predicted octanol–water partition coefficient (Wildman–Crippen LogP) is 3.13. The standard InChI is InChI=1S/C16H27NO/c1-11(15-9-12-4-5-13(15)8-12)17-14-6-7-18-16(2,3)10-14/h4-5,11-15,17H,6-10H2,1-3H3. The topological polar surface area (TPSA) is 21.3 Å². The van der Waals surface area contributed by atoms with E-state index < -0.39 is 0 Å². The highest BCUT2D eigenvalue weighted by atomic mass is 16.5. The summed E-state index contributed by atoms with van der Waals surface area (Å²) in [6.07, 6.45) is 10.0. The molecule has 2 heteroatoms. The van der Waals surface area contributed by atoms with Gasteiger partial charge in [0.2, 0.25) is 0 Å². The van der Waals surface area contributed by atoms with Crippen molar-refractivity contribution < 1.29 is 4.74 Å². The van der Waals surface area contributed by atoms with Crippen LogP contribution >= 0.6 is 0 Å². The largest absolute Gasteiger partial charge is 0.375 e. The van der Waals surface area contributed by atoms with Gasteiger partial charge in [-0.1, -0.05) is 12.2 Å². The number of nitrogens with one attached hydrogen (secondary N) is 1. The summed E-state index contributed by atoms with van der Waals surface area (Å²) >= 11 is 0. The Kier molecular flexibility index (Phi) is 3.27. The number of rotatable bonds is 3. The highest BCUT2D eigenvalue weighted by Crippen LogP contribution is 2.45. The SMILES string of the molecule is CC(NC1CCOC(C)(C)C1)C1CC2C=CC1C2. The highest BCUT2D eigenvalue weighted by Gasteiger charge is 2.39. The fourth-order valence-corrected chi connectivity index (χ4v) is 4.27. The Labute approximate surface area is 111 Å². The van der Waals surface area contributed by atoms with Gasteiger partial charge in [-0.25, -0.2) is 0 Å². The molecule has 102 valence electrons. The molecule has 1 N–H and O–H groups in total. The zero-order chi connectivity index (χ0) is 12.8. The van der Waals surface area contributed by atoms with Gasteiger partial charge in [-0.15, -0.1) is 0 Å². The van der Waals surface area contributed by atoms with Gasteiger partial charge in [0.05, 0.1) is 5.60 Å². The lowest BCUT2D eigenvalue weighted by molar-refractivity contribution is -0.0648. The van der Waals surface area contributed by atoms with Crippen LogP contribution in [0.1, 0.15) is 46.5 Å². The minimum atomic E-state index is 0.0597. The summed E-state index contributed by atoms with van der Waals surface area (Å²) in [5.41, 5.74) is 0.0597. The highest BCUT2D eigenvalue weighted by molar-refractivity contribution is 5.11. The van der Waals surface area contributed by atoms with Crippen molar-refractivity contribution in [3.8, 4) is 0 Å². The molecule has 0 spiro atoms. The van der Waals surface area contributed by atoms with Crippen LogP contribution in [-0.4, -0.2) is 24.3 Å². The minimum Gasteiger partial charge on any atom is -0.375 e. The number of fused-ring (bicyclic) bond motifs is 2. The molecule has 0 aromatic carbocycles. The maximum absolute atomic E-state index is 5.80. The quantitative estimate of drug-likeness (QED) is 0.776. The van der Waals surface area contributed by atoms with Gasteiger partial charge in [-0.05, 0) is 64.2 Å². The van der Waals surface area contributed by atoms with E-state index in [1.165, 1.54) is 19.3 Å². The van der Waals surface area contributed by atoms with E-state index in [0.29, 0.717) is 12.1 Å². The van der Waals surface area contributed by atoms with Crippen molar-refractivity contribution in [3.63, 3.8) is 0 Å². The fourth-order valence-electron chi connectivity index (χ4n) is 4.27. The third-order valence-corrected chi connectivity index (χ3v) is 5.17. The summed E-state index contributed by atoms with van der Waals surface area (Å²) in [4.78, 5) is 0. The number of allylic oxidation sites excluding steroid dienone is 2. The molecule has 3 rings (SSSR count). The lowest BCUT2D eigenvalue weighted by atomic mass is 9.86. The fraction of sp³-hybridized carbons (Fsp3) is 0.875. The normalized spacial score (nSPS) is 43.3. The molecule has 0 aromatic rings. The van der Waals surface area contributed by atoms with Gasteiger partial charge >= 0.3 is 0 Å². The van der Waals surface area contributed by atoms with Crippen LogP contribution in [0.15, 0.2) is 12.2 Å². The average molecular weight is 249 g/mol. The molecule has 1 saturated carbocycles. The molecule has 0 amide bonds. The Morgan fingerprint density at radius 3 is 2.72 bits per heavy atom. The molecular weight excluding hydrogens is 222 g/mol. The van der Waals surface area contributed by atoms with Crippen LogP contribution < -0.4 is 5.32 Å². The van der Waals surface area contributed by atoms with E-state index in [1.807, 2.05) is 0 Å². The van der Waals surface area contributed by atoms with Crippen LogP contribution in [-0.2, 0) is 4.74 Å². The Balaban J connectivity index is 1.55. The van der Waals surface area contributed by atoms with Crippen LogP contribution in [0.4, 0.5) is 0 Å². The third-order valence-electron chi connectivity index (χ3n) is 5.17. The van der Waals surface area contributed by atoms with E-state index in [1.54, 1.807) is 0 Å². The molecule has 0 aromatic heterocycles. The third kappa shape index (κ3) is 2.50. The molecule has 2 aliphatic carbocycles. The van der Waals surface area contributed by atoms with Crippen LogP contribution in [0, 0.1) is 17.8 Å². The van der Waals surface area contributed by atoms with Crippen molar-refractivity contribution in [1.82, 2.24) is 5.32 Å². The maximum atomic E-state index is 5.80. The smallest absolute Gasteiger partial charge is 0.0641 e. The van der Waals surface area contributed by atoms with Gasteiger partial charge in [0.1, 0.15) is 0 Å². The van der Waals surface area contributed by atoms with Crippen molar-refractivity contribution >= 4 is 0 Å². The van der Waals surface area contributed by atoms with Crippen molar-refractivity contribution in [1.29, 1.82) is 0 Å². The van der Waals surface area contributed by atoms with E-state index in [0.717, 1.165) is 30.8 Å². The average Bonchev–Trinajstić information content (AvgIpc) is 2.89. The Hall–Kier alpha value is -0.340. The molecule has 2 bridgehead atoms. The molecule has 1 heterocycles. The van der Waals surface area contributed by atoms with E-state index in [-0.39, 0.29) is 5.60 Å². The van der Waals surface area contributed by atoms with Gasteiger partial charge in [-0.2, -0.15) is 0 Å². The van der Waals surface area contributed by atoms with Gasteiger partial charge in [0.15, 0.2) is 0 Å². The van der Waals surface area contributed by atoms with Crippen LogP contribution in [0.3, 0.4) is 0 Å². The second-order valence-electron chi connectivity index (χ2n) is 7.20. The van der Waals surface area contributed by atoms with Crippen LogP contribution in [0.2, 0.25) is 0 Å². The van der Waals surface area contributed by atoms with Crippen molar-refractivity contribution in [2.45, 2.75) is 64.1 Å². The maximum Gasteiger partial charge on any atom is 0.0641 e. The molecule has 1 saturated heterocycles. The first-order valence-corrected chi connectivity index (χ1v) is 7.62. The van der Waals surface area contributed by atoms with Gasteiger partial charge in [0.25, 0.3) is 0 Å². The summed E-state index contributed by atoms with van der Waals surface area (Å²) in [5.74, 6) is 2.60. The minimum absolute atomic E-state index is 0.0597. The van der Waals surface area contributed by atoms with E-state index in [9.17, 15) is 0 Å². The monoisotopic (exact) mass is 249 g/mol. The number of hydrogen-bond donors (Lipinski definition) is 1. The lowest BCUT2D eigenvalue weighted by Gasteiger charge is -2.39. The van der Waals surface area contributed by atoms with Gasteiger partial charge in [-0.3, -0.25) is 0 Å². The predicted molar refractivity (Wildman–Crippen MR) is 74.5 cm³/mol. The van der Waals surface area contributed by atoms with Crippen LogP contribution in [0.5, 0.6) is 0 Å². The summed E-state index contributed by atoms with van der Waals surface area (Å²) < 4.78 is 5.80. The molecule has 2 nitrogen and oxygen atoms in total. The summed E-state index contributed by atoms with van der Waals surface area (Å²) in [6, 6.07) is 1.30. The first-order valence-electron chi connectivity index (χ1n) is 7.62. The van der Waals surface area contributed by atoms with Gasteiger partial charge in [0, 0.05) is 18.7 Å². The first kappa shape index (κ1) is 12.7. The first-order chi connectivity index (χ1) is 8.53.